The van der Waals surface area contributed by atoms with E-state index in [0.717, 1.165) is 17.7 Å². The van der Waals surface area contributed by atoms with Gasteiger partial charge in [0.2, 0.25) is 5.70 Å². The van der Waals surface area contributed by atoms with Crippen molar-refractivity contribution in [2.45, 2.75) is 27.2 Å². The Bertz CT molecular complexity index is 521. The van der Waals surface area contributed by atoms with Crippen molar-refractivity contribution in [1.82, 2.24) is 0 Å². The van der Waals surface area contributed by atoms with Gasteiger partial charge in [-0.25, -0.2) is 0 Å². The Kier molecular flexibility index (Phi) is 5.55. The van der Waals surface area contributed by atoms with Gasteiger partial charge in [-0.3, -0.25) is 10.1 Å². The van der Waals surface area contributed by atoms with Crippen LogP contribution in [-0.2, 0) is 6.42 Å². The van der Waals surface area contributed by atoms with E-state index in [1.807, 2.05) is 6.07 Å². The Hall–Kier alpha value is -2.04. The van der Waals surface area contributed by atoms with E-state index in [1.54, 1.807) is 20.3 Å². The summed E-state index contributed by atoms with van der Waals surface area (Å²) in [5.74, 6) is 1.82. The molecule has 0 aliphatic heterocycles. The molecule has 0 unspecified atom stereocenters. The van der Waals surface area contributed by atoms with Crippen LogP contribution < -0.4 is 9.47 Å². The van der Waals surface area contributed by atoms with Gasteiger partial charge in [-0.1, -0.05) is 13.8 Å². The third kappa shape index (κ3) is 3.98. The van der Waals surface area contributed by atoms with E-state index in [4.69, 9.17) is 9.47 Å². The van der Waals surface area contributed by atoms with Crippen molar-refractivity contribution < 1.29 is 14.4 Å². The molecule has 0 aliphatic rings. The van der Waals surface area contributed by atoms with Crippen molar-refractivity contribution in [3.05, 3.63) is 39.1 Å². The van der Waals surface area contributed by atoms with E-state index in [-0.39, 0.29) is 5.70 Å². The molecule has 0 heterocycles. The Balaban J connectivity index is 3.32. The third-order valence-corrected chi connectivity index (χ3v) is 2.91. The lowest BCUT2D eigenvalue weighted by atomic mass is 9.99. The topological polar surface area (TPSA) is 61.6 Å². The molecule has 110 valence electrons. The van der Waals surface area contributed by atoms with Gasteiger partial charge in [0.1, 0.15) is 11.5 Å². The Labute approximate surface area is 119 Å². The van der Waals surface area contributed by atoms with Gasteiger partial charge in [0, 0.05) is 18.6 Å². The van der Waals surface area contributed by atoms with Crippen molar-refractivity contribution in [2.24, 2.45) is 5.92 Å². The van der Waals surface area contributed by atoms with Crippen LogP contribution in [0, 0.1) is 16.0 Å². The Morgan fingerprint density at radius 3 is 2.35 bits per heavy atom. The summed E-state index contributed by atoms with van der Waals surface area (Å²) in [4.78, 5) is 10.3. The number of hydrogen-bond acceptors (Lipinski definition) is 4. The zero-order valence-corrected chi connectivity index (χ0v) is 12.6. The van der Waals surface area contributed by atoms with E-state index in [9.17, 15) is 10.1 Å². The quantitative estimate of drug-likeness (QED) is 0.590. The molecule has 0 saturated carbocycles. The van der Waals surface area contributed by atoms with Gasteiger partial charge in [-0.2, -0.15) is 0 Å². The minimum atomic E-state index is -0.423. The first-order chi connectivity index (χ1) is 9.38. The number of nitrogens with zero attached hydrogens (tertiary/aromatic N) is 1. The highest BCUT2D eigenvalue weighted by atomic mass is 16.6. The maximum absolute atomic E-state index is 10.7. The summed E-state index contributed by atoms with van der Waals surface area (Å²) in [5.41, 5.74) is 1.74. The van der Waals surface area contributed by atoms with Gasteiger partial charge in [-0.05, 0) is 30.0 Å². The average Bonchev–Trinajstić information content (AvgIpc) is 2.38. The predicted octanol–water partition coefficient (Wildman–Crippen LogP) is 3.54. The molecule has 0 fully saturated rings. The molecule has 0 saturated heterocycles. The summed E-state index contributed by atoms with van der Waals surface area (Å²) in [6, 6.07) is 3.67. The third-order valence-electron chi connectivity index (χ3n) is 2.91. The first-order valence-corrected chi connectivity index (χ1v) is 6.46. The van der Waals surface area contributed by atoms with Gasteiger partial charge < -0.3 is 9.47 Å². The molecule has 20 heavy (non-hydrogen) atoms. The molecule has 0 atom stereocenters. The molecule has 1 aromatic carbocycles. The zero-order valence-electron chi connectivity index (χ0n) is 12.6. The van der Waals surface area contributed by atoms with Crippen LogP contribution in [0.25, 0.3) is 6.08 Å². The summed E-state index contributed by atoms with van der Waals surface area (Å²) < 4.78 is 10.7. The first-order valence-electron chi connectivity index (χ1n) is 6.46. The molecule has 0 spiro atoms. The molecule has 0 aliphatic carbocycles. The van der Waals surface area contributed by atoms with Crippen LogP contribution in [-0.4, -0.2) is 19.1 Å². The predicted molar refractivity (Wildman–Crippen MR) is 78.7 cm³/mol. The van der Waals surface area contributed by atoms with Crippen molar-refractivity contribution >= 4 is 6.08 Å². The van der Waals surface area contributed by atoms with Crippen LogP contribution in [0.15, 0.2) is 17.8 Å². The summed E-state index contributed by atoms with van der Waals surface area (Å²) in [7, 11) is 3.15. The fourth-order valence-electron chi connectivity index (χ4n) is 1.97. The molecule has 1 rings (SSSR count). The van der Waals surface area contributed by atoms with E-state index >= 15 is 0 Å². The number of nitro groups is 1. The molecule has 0 aromatic heterocycles. The largest absolute Gasteiger partial charge is 0.496 e. The summed E-state index contributed by atoms with van der Waals surface area (Å²) in [5, 5.41) is 10.7. The van der Waals surface area contributed by atoms with E-state index in [0.29, 0.717) is 17.2 Å². The highest BCUT2D eigenvalue weighted by Gasteiger charge is 2.13. The number of allylic oxidation sites excluding steroid dienone is 1. The van der Waals surface area contributed by atoms with Crippen LogP contribution in [0.5, 0.6) is 11.5 Å². The molecule has 0 radical (unpaired) electrons. The summed E-state index contributed by atoms with van der Waals surface area (Å²) in [6.07, 6.45) is 2.35. The number of methoxy groups -OCH3 is 2. The number of benzene rings is 1. The average molecular weight is 279 g/mol. The normalized spacial score (nSPS) is 11.6. The van der Waals surface area contributed by atoms with Gasteiger partial charge in [-0.15, -0.1) is 0 Å². The van der Waals surface area contributed by atoms with Crippen LogP contribution in [0.4, 0.5) is 0 Å². The van der Waals surface area contributed by atoms with E-state index in [2.05, 4.69) is 13.8 Å². The highest BCUT2D eigenvalue weighted by molar-refractivity contribution is 5.62. The SMILES string of the molecule is COc1cc(CC(C)C)c(OC)cc1C=C(C)[N+](=O)[O-]. The summed E-state index contributed by atoms with van der Waals surface area (Å²) >= 11 is 0. The standard InChI is InChI=1S/C15H21NO4/c1-10(2)6-12-8-15(20-5)13(9-14(12)19-4)7-11(3)16(17)18/h7-10H,6H2,1-5H3. The number of ether oxygens (including phenoxy) is 2. The minimum Gasteiger partial charge on any atom is -0.496 e. The zero-order chi connectivity index (χ0) is 15.3. The van der Waals surface area contributed by atoms with Gasteiger partial charge >= 0.3 is 0 Å². The molecular formula is C15H21NO4. The van der Waals surface area contributed by atoms with Crippen LogP contribution in [0.2, 0.25) is 0 Å². The monoisotopic (exact) mass is 279 g/mol. The second-order valence-electron chi connectivity index (χ2n) is 5.05. The molecule has 0 bridgehead atoms. The lowest BCUT2D eigenvalue weighted by Crippen LogP contribution is -2.01. The Morgan fingerprint density at radius 2 is 1.90 bits per heavy atom. The fourth-order valence-corrected chi connectivity index (χ4v) is 1.97. The van der Waals surface area contributed by atoms with Crippen LogP contribution in [0.1, 0.15) is 31.9 Å². The maximum Gasteiger partial charge on any atom is 0.243 e. The highest BCUT2D eigenvalue weighted by Crippen LogP contribution is 2.32. The molecule has 0 N–H and O–H groups in total. The summed E-state index contributed by atoms with van der Waals surface area (Å²) in [6.45, 7) is 5.70. The van der Waals surface area contributed by atoms with Gasteiger partial charge in [0.15, 0.2) is 0 Å². The van der Waals surface area contributed by atoms with Crippen LogP contribution >= 0.6 is 0 Å². The lowest BCUT2D eigenvalue weighted by Gasteiger charge is -2.14. The fraction of sp³-hybridized carbons (Fsp3) is 0.467. The van der Waals surface area contributed by atoms with E-state index < -0.39 is 4.92 Å². The number of hydrogen-bond donors (Lipinski definition) is 0. The molecule has 1 aromatic rings. The van der Waals surface area contributed by atoms with Crippen molar-refractivity contribution in [2.75, 3.05) is 14.2 Å². The maximum atomic E-state index is 10.7. The van der Waals surface area contributed by atoms with Gasteiger partial charge in [0.05, 0.1) is 19.1 Å². The molecule has 0 amide bonds. The van der Waals surface area contributed by atoms with Crippen molar-refractivity contribution in [3.63, 3.8) is 0 Å². The van der Waals surface area contributed by atoms with E-state index in [1.165, 1.54) is 13.0 Å². The molecule has 5 nitrogen and oxygen atoms in total. The Morgan fingerprint density at radius 1 is 1.30 bits per heavy atom. The molecular weight excluding hydrogens is 258 g/mol. The molecule has 5 heteroatoms. The smallest absolute Gasteiger partial charge is 0.243 e. The minimum absolute atomic E-state index is 0.0574. The number of rotatable bonds is 6. The van der Waals surface area contributed by atoms with Crippen molar-refractivity contribution in [3.8, 4) is 11.5 Å². The lowest BCUT2D eigenvalue weighted by molar-refractivity contribution is -0.422. The second kappa shape index (κ2) is 6.93. The first kappa shape index (κ1) is 16.0. The van der Waals surface area contributed by atoms with Gasteiger partial charge in [0.25, 0.3) is 0 Å². The van der Waals surface area contributed by atoms with Crippen molar-refractivity contribution in [1.29, 1.82) is 0 Å². The van der Waals surface area contributed by atoms with Crippen LogP contribution in [0.3, 0.4) is 0 Å². The second-order valence-corrected chi connectivity index (χ2v) is 5.05.